The molecular weight excluding hydrogens is 230 g/mol. The maximum Gasteiger partial charge on any atom is 0.238 e. The van der Waals surface area contributed by atoms with Gasteiger partial charge in [-0.15, -0.1) is 0 Å². The van der Waals surface area contributed by atoms with Crippen molar-refractivity contribution < 1.29 is 9.84 Å². The van der Waals surface area contributed by atoms with Gasteiger partial charge >= 0.3 is 0 Å². The maximum absolute atomic E-state index is 10.7. The fourth-order valence-electron chi connectivity index (χ4n) is 2.89. The number of aromatic nitrogens is 2. The molecule has 5 nitrogen and oxygen atoms in total. The van der Waals surface area contributed by atoms with Crippen molar-refractivity contribution in [3.05, 3.63) is 18.1 Å². The SMILES string of the molecule is COc1nccnc1C(O)C1(N(C)C)CCCC1. The van der Waals surface area contributed by atoms with E-state index in [1.807, 2.05) is 14.1 Å². The van der Waals surface area contributed by atoms with E-state index in [2.05, 4.69) is 14.9 Å². The normalized spacial score (nSPS) is 20.1. The number of aliphatic hydroxyl groups is 1. The first kappa shape index (κ1) is 13.2. The standard InChI is InChI=1S/C13H21N3O2/c1-16(2)13(6-4-5-7-13)11(17)10-12(18-3)15-9-8-14-10/h8-9,11,17H,4-7H2,1-3H3. The van der Waals surface area contributed by atoms with Gasteiger partial charge in [0.2, 0.25) is 5.88 Å². The molecule has 18 heavy (non-hydrogen) atoms. The van der Waals surface area contributed by atoms with Crippen LogP contribution in [0.3, 0.4) is 0 Å². The van der Waals surface area contributed by atoms with Gasteiger partial charge in [-0.1, -0.05) is 12.8 Å². The summed E-state index contributed by atoms with van der Waals surface area (Å²) >= 11 is 0. The lowest BCUT2D eigenvalue weighted by molar-refractivity contribution is -0.00898. The fourth-order valence-corrected chi connectivity index (χ4v) is 2.89. The summed E-state index contributed by atoms with van der Waals surface area (Å²) in [5.74, 6) is 0.415. The highest BCUT2D eigenvalue weighted by molar-refractivity contribution is 5.24. The third kappa shape index (κ3) is 2.08. The highest BCUT2D eigenvalue weighted by Gasteiger charge is 2.45. The van der Waals surface area contributed by atoms with Crippen LogP contribution in [-0.4, -0.2) is 46.7 Å². The molecule has 1 atom stereocenters. The van der Waals surface area contributed by atoms with Crippen LogP contribution in [0.15, 0.2) is 12.4 Å². The van der Waals surface area contributed by atoms with Crippen LogP contribution in [0.5, 0.6) is 5.88 Å². The Morgan fingerprint density at radius 3 is 2.44 bits per heavy atom. The molecule has 0 aliphatic heterocycles. The molecule has 1 aliphatic carbocycles. The van der Waals surface area contributed by atoms with Crippen molar-refractivity contribution in [1.29, 1.82) is 0 Å². The molecular formula is C13H21N3O2. The van der Waals surface area contributed by atoms with Crippen LogP contribution in [0, 0.1) is 0 Å². The van der Waals surface area contributed by atoms with E-state index in [1.165, 1.54) is 0 Å². The lowest BCUT2D eigenvalue weighted by Gasteiger charge is -2.40. The van der Waals surface area contributed by atoms with Gasteiger partial charge in [-0.3, -0.25) is 4.98 Å². The van der Waals surface area contributed by atoms with Gasteiger partial charge in [0.15, 0.2) is 0 Å². The minimum absolute atomic E-state index is 0.247. The summed E-state index contributed by atoms with van der Waals surface area (Å²) in [6, 6.07) is 0. The van der Waals surface area contributed by atoms with Crippen LogP contribution in [0.1, 0.15) is 37.5 Å². The minimum Gasteiger partial charge on any atom is -0.480 e. The van der Waals surface area contributed by atoms with Crippen LogP contribution in [0.4, 0.5) is 0 Å². The minimum atomic E-state index is -0.668. The predicted molar refractivity (Wildman–Crippen MR) is 68.4 cm³/mol. The smallest absolute Gasteiger partial charge is 0.238 e. The van der Waals surface area contributed by atoms with Crippen molar-refractivity contribution in [2.75, 3.05) is 21.2 Å². The average molecular weight is 251 g/mol. The number of nitrogens with zero attached hydrogens (tertiary/aromatic N) is 3. The molecule has 1 aliphatic rings. The van der Waals surface area contributed by atoms with Crippen LogP contribution in [-0.2, 0) is 0 Å². The van der Waals surface area contributed by atoms with E-state index in [9.17, 15) is 5.11 Å². The Morgan fingerprint density at radius 1 is 1.28 bits per heavy atom. The Hall–Kier alpha value is -1.20. The van der Waals surface area contributed by atoms with Crippen molar-refractivity contribution in [3.8, 4) is 5.88 Å². The highest BCUT2D eigenvalue weighted by atomic mass is 16.5. The molecule has 0 radical (unpaired) electrons. The lowest BCUT2D eigenvalue weighted by atomic mass is 9.87. The first-order valence-electron chi connectivity index (χ1n) is 6.32. The van der Waals surface area contributed by atoms with Crippen LogP contribution < -0.4 is 4.74 Å². The molecule has 1 N–H and O–H groups in total. The first-order valence-corrected chi connectivity index (χ1v) is 6.32. The largest absolute Gasteiger partial charge is 0.480 e. The molecule has 0 bridgehead atoms. The maximum atomic E-state index is 10.7. The topological polar surface area (TPSA) is 58.5 Å². The summed E-state index contributed by atoms with van der Waals surface area (Å²) in [6.45, 7) is 0. The second-order valence-corrected chi connectivity index (χ2v) is 5.06. The Balaban J connectivity index is 2.37. The number of likely N-dealkylation sites (N-methyl/N-ethyl adjacent to an activating group) is 1. The molecule has 2 rings (SSSR count). The molecule has 0 saturated heterocycles. The molecule has 1 saturated carbocycles. The second kappa shape index (κ2) is 5.20. The molecule has 1 heterocycles. The second-order valence-electron chi connectivity index (χ2n) is 5.06. The zero-order valence-corrected chi connectivity index (χ0v) is 11.3. The Labute approximate surface area is 108 Å². The van der Waals surface area contributed by atoms with Crippen LogP contribution >= 0.6 is 0 Å². The summed E-state index contributed by atoms with van der Waals surface area (Å²) in [5, 5.41) is 10.7. The molecule has 1 unspecified atom stereocenters. The van der Waals surface area contributed by atoms with Crippen molar-refractivity contribution in [2.45, 2.75) is 37.3 Å². The van der Waals surface area contributed by atoms with Crippen LogP contribution in [0.2, 0.25) is 0 Å². The third-order valence-corrected chi connectivity index (χ3v) is 4.01. The number of methoxy groups -OCH3 is 1. The molecule has 5 heteroatoms. The van der Waals surface area contributed by atoms with Gasteiger partial charge in [-0.05, 0) is 26.9 Å². The number of ether oxygens (including phenoxy) is 1. The number of rotatable bonds is 4. The monoisotopic (exact) mass is 251 g/mol. The van der Waals surface area contributed by atoms with Crippen molar-refractivity contribution >= 4 is 0 Å². The Bertz CT molecular complexity index is 403. The van der Waals surface area contributed by atoms with E-state index >= 15 is 0 Å². The molecule has 0 aromatic carbocycles. The quantitative estimate of drug-likeness (QED) is 0.876. The van der Waals surface area contributed by atoms with Crippen molar-refractivity contribution in [2.24, 2.45) is 0 Å². The summed E-state index contributed by atoms with van der Waals surface area (Å²) in [4.78, 5) is 10.5. The van der Waals surface area contributed by atoms with Gasteiger partial charge in [0.1, 0.15) is 11.8 Å². The van der Waals surface area contributed by atoms with Gasteiger partial charge < -0.3 is 14.7 Å². The summed E-state index contributed by atoms with van der Waals surface area (Å²) in [5.41, 5.74) is 0.291. The zero-order chi connectivity index (χ0) is 13.2. The predicted octanol–water partition coefficient (Wildman–Crippen LogP) is 1.39. The van der Waals surface area contributed by atoms with Crippen molar-refractivity contribution in [3.63, 3.8) is 0 Å². The van der Waals surface area contributed by atoms with E-state index in [0.29, 0.717) is 11.6 Å². The first-order chi connectivity index (χ1) is 8.62. The van der Waals surface area contributed by atoms with E-state index < -0.39 is 6.10 Å². The average Bonchev–Trinajstić information content (AvgIpc) is 2.88. The summed E-state index contributed by atoms with van der Waals surface area (Å²) < 4.78 is 5.20. The number of hydrogen-bond acceptors (Lipinski definition) is 5. The van der Waals surface area contributed by atoms with Gasteiger partial charge in [-0.2, -0.15) is 0 Å². The number of aliphatic hydroxyl groups excluding tert-OH is 1. The molecule has 1 aromatic heterocycles. The van der Waals surface area contributed by atoms with Crippen LogP contribution in [0.25, 0.3) is 0 Å². The zero-order valence-electron chi connectivity index (χ0n) is 11.3. The van der Waals surface area contributed by atoms with Gasteiger partial charge in [-0.25, -0.2) is 4.98 Å². The van der Waals surface area contributed by atoms with Gasteiger partial charge in [0, 0.05) is 12.4 Å². The summed E-state index contributed by atoms with van der Waals surface area (Å²) in [6.07, 6.45) is 6.72. The third-order valence-electron chi connectivity index (χ3n) is 4.01. The van der Waals surface area contributed by atoms with E-state index in [1.54, 1.807) is 19.5 Å². The highest BCUT2D eigenvalue weighted by Crippen LogP contribution is 2.44. The fraction of sp³-hybridized carbons (Fsp3) is 0.692. The molecule has 100 valence electrons. The number of hydrogen-bond donors (Lipinski definition) is 1. The molecule has 1 fully saturated rings. The Kier molecular flexibility index (Phi) is 3.82. The molecule has 0 spiro atoms. The lowest BCUT2D eigenvalue weighted by Crippen LogP contribution is -2.47. The van der Waals surface area contributed by atoms with Gasteiger partial charge in [0.05, 0.1) is 12.6 Å². The van der Waals surface area contributed by atoms with E-state index in [4.69, 9.17) is 4.74 Å². The van der Waals surface area contributed by atoms with Crippen molar-refractivity contribution in [1.82, 2.24) is 14.9 Å². The molecule has 1 aromatic rings. The van der Waals surface area contributed by atoms with E-state index in [0.717, 1.165) is 25.7 Å². The molecule has 0 amide bonds. The van der Waals surface area contributed by atoms with Gasteiger partial charge in [0.25, 0.3) is 0 Å². The summed E-state index contributed by atoms with van der Waals surface area (Å²) in [7, 11) is 5.58. The Morgan fingerprint density at radius 2 is 1.89 bits per heavy atom. The van der Waals surface area contributed by atoms with E-state index in [-0.39, 0.29) is 5.54 Å².